The molecule has 0 unspecified atom stereocenters. The van der Waals surface area contributed by atoms with Gasteiger partial charge in [-0.2, -0.15) is 0 Å². The van der Waals surface area contributed by atoms with Gasteiger partial charge in [0.15, 0.2) is 0 Å². The molecule has 1 aromatic heterocycles. The van der Waals surface area contributed by atoms with E-state index in [1.165, 1.54) is 0 Å². The Hall–Kier alpha value is -2.99. The van der Waals surface area contributed by atoms with Gasteiger partial charge in [-0.15, -0.1) is 0 Å². The highest BCUT2D eigenvalue weighted by molar-refractivity contribution is 9.10. The predicted octanol–water partition coefficient (Wildman–Crippen LogP) is 4.99. The maximum atomic E-state index is 12.9. The van der Waals surface area contributed by atoms with Crippen molar-refractivity contribution in [2.45, 2.75) is 20.4 Å². The van der Waals surface area contributed by atoms with Crippen LogP contribution >= 0.6 is 15.9 Å². The molecule has 0 saturated heterocycles. The van der Waals surface area contributed by atoms with Gasteiger partial charge in [-0.05, 0) is 61.9 Å². The van der Waals surface area contributed by atoms with Crippen LogP contribution in [0.25, 0.3) is 0 Å². The lowest BCUT2D eigenvalue weighted by molar-refractivity contribution is 0.0785. The molecule has 2 aromatic carbocycles. The van der Waals surface area contributed by atoms with Crippen LogP contribution in [0.4, 0.5) is 5.69 Å². The first-order chi connectivity index (χ1) is 13.8. The van der Waals surface area contributed by atoms with Crippen LogP contribution in [0.2, 0.25) is 0 Å². The van der Waals surface area contributed by atoms with Crippen LogP contribution in [0.3, 0.4) is 0 Å². The van der Waals surface area contributed by atoms with Gasteiger partial charge in [-0.1, -0.05) is 39.2 Å². The van der Waals surface area contributed by atoms with E-state index in [1.54, 1.807) is 36.3 Å². The fraction of sp³-hybridized carbons (Fsp3) is 0.174. The van der Waals surface area contributed by atoms with Crippen molar-refractivity contribution in [1.82, 2.24) is 9.88 Å². The molecule has 29 heavy (non-hydrogen) atoms. The van der Waals surface area contributed by atoms with Crippen LogP contribution in [0.15, 0.2) is 65.3 Å². The third kappa shape index (κ3) is 5.29. The van der Waals surface area contributed by atoms with Crippen molar-refractivity contribution in [2.75, 3.05) is 12.4 Å². The molecule has 0 spiro atoms. The first-order valence-corrected chi connectivity index (χ1v) is 9.97. The van der Waals surface area contributed by atoms with E-state index >= 15 is 0 Å². The zero-order chi connectivity index (χ0) is 21.0. The molecule has 1 N–H and O–H groups in total. The van der Waals surface area contributed by atoms with Gasteiger partial charge in [-0.25, -0.2) is 0 Å². The topological polar surface area (TPSA) is 62.3 Å². The van der Waals surface area contributed by atoms with E-state index in [4.69, 9.17) is 0 Å². The summed E-state index contributed by atoms with van der Waals surface area (Å²) in [6.45, 7) is 4.30. The van der Waals surface area contributed by atoms with E-state index in [0.29, 0.717) is 23.5 Å². The standard InChI is InChI=1S/C23H22BrN3O2/c1-15-10-16(2)12-17(11-15)23(29)27(3)14-18-13-19(24)7-8-20(18)26-22(28)21-6-4-5-9-25-21/h4-13H,14H2,1-3H3,(H,26,28). The number of benzene rings is 2. The fourth-order valence-corrected chi connectivity index (χ4v) is 3.55. The van der Waals surface area contributed by atoms with Gasteiger partial charge >= 0.3 is 0 Å². The van der Waals surface area contributed by atoms with Crippen LogP contribution in [-0.2, 0) is 6.54 Å². The zero-order valence-corrected chi connectivity index (χ0v) is 18.2. The van der Waals surface area contributed by atoms with E-state index in [9.17, 15) is 9.59 Å². The second-order valence-corrected chi connectivity index (χ2v) is 7.92. The summed E-state index contributed by atoms with van der Waals surface area (Å²) in [5, 5.41) is 2.90. The van der Waals surface area contributed by atoms with E-state index < -0.39 is 0 Å². The Morgan fingerprint density at radius 1 is 1.03 bits per heavy atom. The van der Waals surface area contributed by atoms with Crippen molar-refractivity contribution < 1.29 is 9.59 Å². The van der Waals surface area contributed by atoms with Crippen molar-refractivity contribution in [1.29, 1.82) is 0 Å². The number of nitrogens with one attached hydrogen (secondary N) is 1. The Labute approximate surface area is 178 Å². The number of nitrogens with zero attached hydrogens (tertiary/aromatic N) is 2. The number of rotatable bonds is 5. The van der Waals surface area contributed by atoms with Crippen molar-refractivity contribution in [2.24, 2.45) is 0 Å². The summed E-state index contributed by atoms with van der Waals surface area (Å²) in [5.74, 6) is -0.365. The van der Waals surface area contributed by atoms with Crippen LogP contribution < -0.4 is 5.32 Å². The van der Waals surface area contributed by atoms with Crippen molar-refractivity contribution in [3.8, 4) is 0 Å². The van der Waals surface area contributed by atoms with Gasteiger partial charge in [0.25, 0.3) is 11.8 Å². The molecule has 148 valence electrons. The number of hydrogen-bond acceptors (Lipinski definition) is 3. The number of carbonyl (C=O) groups excluding carboxylic acids is 2. The number of aromatic nitrogens is 1. The highest BCUT2D eigenvalue weighted by Crippen LogP contribution is 2.24. The molecule has 0 bridgehead atoms. The summed E-state index contributed by atoms with van der Waals surface area (Å²) in [4.78, 5) is 31.1. The minimum absolute atomic E-state index is 0.0706. The number of carbonyl (C=O) groups is 2. The lowest BCUT2D eigenvalue weighted by atomic mass is 10.1. The second kappa shape index (κ2) is 9.01. The Kier molecular flexibility index (Phi) is 6.44. The number of anilines is 1. The molecule has 0 fully saturated rings. The molecule has 6 heteroatoms. The van der Waals surface area contributed by atoms with Gasteiger partial charge in [-0.3, -0.25) is 14.6 Å². The fourth-order valence-electron chi connectivity index (χ4n) is 3.14. The number of amides is 2. The summed E-state index contributed by atoms with van der Waals surface area (Å²) in [7, 11) is 1.76. The quantitative estimate of drug-likeness (QED) is 0.594. The van der Waals surface area contributed by atoms with Crippen LogP contribution in [0, 0.1) is 13.8 Å². The van der Waals surface area contributed by atoms with Crippen molar-refractivity contribution in [3.05, 3.63) is 93.2 Å². The Morgan fingerprint density at radius 3 is 2.41 bits per heavy atom. The minimum atomic E-state index is -0.294. The Balaban J connectivity index is 1.82. The molecule has 0 radical (unpaired) electrons. The zero-order valence-electron chi connectivity index (χ0n) is 16.6. The molecule has 2 amide bonds. The highest BCUT2D eigenvalue weighted by atomic mass is 79.9. The number of aryl methyl sites for hydroxylation is 2. The monoisotopic (exact) mass is 451 g/mol. The second-order valence-electron chi connectivity index (χ2n) is 7.01. The average Bonchev–Trinajstić information content (AvgIpc) is 2.69. The summed E-state index contributed by atoms with van der Waals surface area (Å²) >= 11 is 3.47. The van der Waals surface area contributed by atoms with Gasteiger partial charge in [0.2, 0.25) is 0 Å². The molecule has 0 saturated carbocycles. The molecule has 0 atom stereocenters. The normalized spacial score (nSPS) is 10.5. The number of halogens is 1. The van der Waals surface area contributed by atoms with Crippen LogP contribution in [0.1, 0.15) is 37.5 Å². The largest absolute Gasteiger partial charge is 0.337 e. The SMILES string of the molecule is Cc1cc(C)cc(C(=O)N(C)Cc2cc(Br)ccc2NC(=O)c2ccccn2)c1. The van der Waals surface area contributed by atoms with Gasteiger partial charge in [0.1, 0.15) is 5.69 Å². The van der Waals surface area contributed by atoms with E-state index in [0.717, 1.165) is 21.2 Å². The summed E-state index contributed by atoms with van der Waals surface area (Å²) in [6, 6.07) is 16.6. The molecule has 3 rings (SSSR count). The summed E-state index contributed by atoms with van der Waals surface area (Å²) < 4.78 is 0.871. The van der Waals surface area contributed by atoms with Gasteiger partial charge < -0.3 is 10.2 Å². The van der Waals surface area contributed by atoms with E-state index in [-0.39, 0.29) is 11.8 Å². The first-order valence-electron chi connectivity index (χ1n) is 9.18. The predicted molar refractivity (Wildman–Crippen MR) is 118 cm³/mol. The van der Waals surface area contributed by atoms with Crippen LogP contribution in [0.5, 0.6) is 0 Å². The number of pyridine rings is 1. The average molecular weight is 452 g/mol. The highest BCUT2D eigenvalue weighted by Gasteiger charge is 2.16. The van der Waals surface area contributed by atoms with E-state index in [1.807, 2.05) is 50.2 Å². The minimum Gasteiger partial charge on any atom is -0.337 e. The lowest BCUT2D eigenvalue weighted by Gasteiger charge is -2.20. The molecule has 0 aliphatic rings. The smallest absolute Gasteiger partial charge is 0.274 e. The molecular weight excluding hydrogens is 430 g/mol. The van der Waals surface area contributed by atoms with Crippen molar-refractivity contribution in [3.63, 3.8) is 0 Å². The lowest BCUT2D eigenvalue weighted by Crippen LogP contribution is -2.27. The maximum absolute atomic E-state index is 12.9. The molecule has 0 aliphatic carbocycles. The Morgan fingerprint density at radius 2 is 1.76 bits per heavy atom. The molecular formula is C23H22BrN3O2. The third-order valence-electron chi connectivity index (χ3n) is 4.44. The number of hydrogen-bond donors (Lipinski definition) is 1. The van der Waals surface area contributed by atoms with Crippen LogP contribution in [-0.4, -0.2) is 28.7 Å². The molecule has 3 aromatic rings. The first kappa shape index (κ1) is 20.7. The molecule has 5 nitrogen and oxygen atoms in total. The Bertz CT molecular complexity index is 1030. The third-order valence-corrected chi connectivity index (χ3v) is 4.93. The van der Waals surface area contributed by atoms with Crippen molar-refractivity contribution >= 4 is 33.4 Å². The maximum Gasteiger partial charge on any atom is 0.274 e. The molecule has 0 aliphatic heterocycles. The molecule has 1 heterocycles. The summed E-state index contributed by atoms with van der Waals surface area (Å²) in [5.41, 5.74) is 4.55. The summed E-state index contributed by atoms with van der Waals surface area (Å²) in [6.07, 6.45) is 1.58. The van der Waals surface area contributed by atoms with Gasteiger partial charge in [0.05, 0.1) is 0 Å². The van der Waals surface area contributed by atoms with E-state index in [2.05, 4.69) is 26.2 Å². The van der Waals surface area contributed by atoms with Gasteiger partial charge in [0, 0.05) is 35.5 Å².